The first-order valence-electron chi connectivity index (χ1n) is 5.48. The summed E-state index contributed by atoms with van der Waals surface area (Å²) < 4.78 is 0. The topological polar surface area (TPSA) is 92.4 Å². The molecule has 0 aliphatic rings. The zero-order chi connectivity index (χ0) is 14.1. The molecule has 0 saturated carbocycles. The third-order valence-corrected chi connectivity index (χ3v) is 2.40. The average molecular weight is 250 g/mol. The largest absolute Gasteiger partial charge is 0.480 e. The third-order valence-electron chi connectivity index (χ3n) is 2.40. The number of nitrogens with two attached hydrogens (primary N) is 1. The lowest BCUT2D eigenvalue weighted by Crippen LogP contribution is -2.37. The second kappa shape index (κ2) is 7.96. The minimum Gasteiger partial charge on any atom is -0.480 e. The van der Waals surface area contributed by atoms with Crippen LogP contribution in [0.3, 0.4) is 0 Å². The van der Waals surface area contributed by atoms with Crippen LogP contribution in [0.2, 0.25) is 0 Å². The van der Waals surface area contributed by atoms with Gasteiger partial charge in [-0.15, -0.1) is 13.0 Å². The van der Waals surface area contributed by atoms with Crippen molar-refractivity contribution in [2.24, 2.45) is 11.7 Å². The van der Waals surface area contributed by atoms with Gasteiger partial charge in [0.15, 0.2) is 0 Å². The van der Waals surface area contributed by atoms with Crippen LogP contribution in [0.5, 0.6) is 0 Å². The van der Waals surface area contributed by atoms with Crippen molar-refractivity contribution < 1.29 is 14.7 Å². The quantitative estimate of drug-likeness (QED) is 0.456. The van der Waals surface area contributed by atoms with Gasteiger partial charge in [-0.3, -0.25) is 9.59 Å². The molecule has 0 aromatic rings. The molecule has 18 heavy (non-hydrogen) atoms. The molecule has 2 atom stereocenters. The first-order valence-corrected chi connectivity index (χ1v) is 5.48. The maximum atomic E-state index is 11.6. The zero-order valence-corrected chi connectivity index (χ0v) is 10.3. The van der Waals surface area contributed by atoms with E-state index >= 15 is 0 Å². The Morgan fingerprint density at radius 1 is 1.61 bits per heavy atom. The molecule has 0 aromatic carbocycles. The molecule has 0 aromatic heterocycles. The molecule has 0 aliphatic heterocycles. The molecule has 0 heterocycles. The van der Waals surface area contributed by atoms with E-state index in [1.165, 1.54) is 6.08 Å². The first kappa shape index (κ1) is 15.8. The van der Waals surface area contributed by atoms with Gasteiger partial charge in [0, 0.05) is 12.1 Å². The van der Waals surface area contributed by atoms with E-state index in [0.717, 1.165) is 0 Å². The molecule has 0 aliphatic carbocycles. The minimum atomic E-state index is -1.10. The lowest BCUT2D eigenvalue weighted by molar-refractivity contribution is -0.140. The second-order valence-corrected chi connectivity index (χ2v) is 3.67. The number of terminal acetylenes is 1. The highest BCUT2D eigenvalue weighted by Gasteiger charge is 2.17. The predicted molar refractivity (Wildman–Crippen MR) is 69.3 cm³/mol. The molecule has 0 radical (unpaired) electrons. The van der Waals surface area contributed by atoms with E-state index in [-0.39, 0.29) is 18.7 Å². The number of rotatable bonds is 7. The highest BCUT2D eigenvalue weighted by molar-refractivity contribution is 5.79. The zero-order valence-electron chi connectivity index (χ0n) is 10.3. The standard InChI is InChI=1S/C13H18N2O3/c1-4-9(13(17)18)7-8-12(16)15-11(6-3)10(14)5-2/h1,5-6,9,11H,3,7-8,14H2,2H3,(H,15,16)(H,17,18)/b10-5+/t9-,11+/m0/s1. The third kappa shape index (κ3) is 5.21. The first-order chi connectivity index (χ1) is 8.46. The summed E-state index contributed by atoms with van der Waals surface area (Å²) in [5, 5.41) is 11.3. The molecule has 0 spiro atoms. The van der Waals surface area contributed by atoms with Crippen molar-refractivity contribution in [2.75, 3.05) is 0 Å². The molecule has 5 nitrogen and oxygen atoms in total. The SMILES string of the molecule is C#C[C@@H](CCC(=O)N[C@H](C=C)/C(N)=C\C)C(=O)O. The maximum Gasteiger partial charge on any atom is 0.318 e. The molecule has 0 fully saturated rings. The lowest BCUT2D eigenvalue weighted by Gasteiger charge is -2.15. The van der Waals surface area contributed by atoms with Crippen LogP contribution in [-0.2, 0) is 9.59 Å². The molecular formula is C13H18N2O3. The summed E-state index contributed by atoms with van der Waals surface area (Å²) in [6, 6.07) is -0.448. The molecule has 4 N–H and O–H groups in total. The number of aliphatic carboxylic acids is 1. The van der Waals surface area contributed by atoms with Gasteiger partial charge in [-0.2, -0.15) is 0 Å². The summed E-state index contributed by atoms with van der Waals surface area (Å²) in [7, 11) is 0. The lowest BCUT2D eigenvalue weighted by atomic mass is 10.0. The summed E-state index contributed by atoms with van der Waals surface area (Å²) in [4.78, 5) is 22.2. The number of carbonyl (C=O) groups excluding carboxylic acids is 1. The van der Waals surface area contributed by atoms with Crippen LogP contribution < -0.4 is 11.1 Å². The van der Waals surface area contributed by atoms with E-state index in [1.54, 1.807) is 13.0 Å². The summed E-state index contributed by atoms with van der Waals surface area (Å²) in [6.07, 6.45) is 8.34. The van der Waals surface area contributed by atoms with Crippen LogP contribution in [0.15, 0.2) is 24.4 Å². The Kier molecular flexibility index (Phi) is 6.98. The Bertz CT molecular complexity index is 394. The van der Waals surface area contributed by atoms with Crippen molar-refractivity contribution >= 4 is 11.9 Å². The normalized spacial score (nSPS) is 14.1. The van der Waals surface area contributed by atoms with Crippen molar-refractivity contribution in [2.45, 2.75) is 25.8 Å². The molecule has 0 bridgehead atoms. The highest BCUT2D eigenvalue weighted by Crippen LogP contribution is 2.06. The number of allylic oxidation sites excluding steroid dienone is 1. The molecule has 98 valence electrons. The number of nitrogens with one attached hydrogen (secondary N) is 1. The van der Waals surface area contributed by atoms with E-state index in [9.17, 15) is 9.59 Å². The Morgan fingerprint density at radius 3 is 2.61 bits per heavy atom. The monoisotopic (exact) mass is 250 g/mol. The van der Waals surface area contributed by atoms with Gasteiger partial charge in [-0.05, 0) is 13.3 Å². The number of carboxylic acids is 1. The van der Waals surface area contributed by atoms with E-state index in [0.29, 0.717) is 5.70 Å². The number of hydrogen-bond acceptors (Lipinski definition) is 3. The van der Waals surface area contributed by atoms with Gasteiger partial charge in [0.2, 0.25) is 5.91 Å². The van der Waals surface area contributed by atoms with Gasteiger partial charge in [0.1, 0.15) is 5.92 Å². The van der Waals surface area contributed by atoms with Gasteiger partial charge in [0.05, 0.1) is 6.04 Å². The maximum absolute atomic E-state index is 11.6. The minimum absolute atomic E-state index is 0.0303. The number of hydrogen-bond donors (Lipinski definition) is 3. The number of carboxylic acid groups (broad SMARTS) is 1. The number of carbonyl (C=O) groups is 2. The Labute approximate surface area is 107 Å². The molecule has 1 amide bonds. The van der Waals surface area contributed by atoms with E-state index < -0.39 is 17.9 Å². The van der Waals surface area contributed by atoms with Crippen molar-refractivity contribution in [3.8, 4) is 12.3 Å². The fourth-order valence-corrected chi connectivity index (χ4v) is 1.26. The van der Waals surface area contributed by atoms with Gasteiger partial charge in [0.25, 0.3) is 0 Å². The van der Waals surface area contributed by atoms with E-state index in [1.807, 2.05) is 0 Å². The van der Waals surface area contributed by atoms with Crippen LogP contribution in [0.25, 0.3) is 0 Å². The highest BCUT2D eigenvalue weighted by atomic mass is 16.4. The Morgan fingerprint density at radius 2 is 2.22 bits per heavy atom. The molecule has 0 rings (SSSR count). The van der Waals surface area contributed by atoms with E-state index in [2.05, 4.69) is 17.8 Å². The fraction of sp³-hybridized carbons (Fsp3) is 0.385. The van der Waals surface area contributed by atoms with Crippen molar-refractivity contribution in [1.29, 1.82) is 0 Å². The van der Waals surface area contributed by atoms with E-state index in [4.69, 9.17) is 17.3 Å². The van der Waals surface area contributed by atoms with Crippen LogP contribution in [0, 0.1) is 18.3 Å². The van der Waals surface area contributed by atoms with Crippen molar-refractivity contribution in [1.82, 2.24) is 5.32 Å². The summed E-state index contributed by atoms with van der Waals surface area (Å²) in [5.74, 6) is -0.237. The Balaban J connectivity index is 4.31. The van der Waals surface area contributed by atoms with Crippen molar-refractivity contribution in [3.05, 3.63) is 24.4 Å². The summed E-state index contributed by atoms with van der Waals surface area (Å²) >= 11 is 0. The molecule has 5 heteroatoms. The van der Waals surface area contributed by atoms with Crippen molar-refractivity contribution in [3.63, 3.8) is 0 Å². The molecular weight excluding hydrogens is 232 g/mol. The van der Waals surface area contributed by atoms with Crippen LogP contribution in [0.1, 0.15) is 19.8 Å². The fourth-order valence-electron chi connectivity index (χ4n) is 1.26. The second-order valence-electron chi connectivity index (χ2n) is 3.67. The summed E-state index contributed by atoms with van der Waals surface area (Å²) in [5.41, 5.74) is 6.13. The van der Waals surface area contributed by atoms with Crippen LogP contribution >= 0.6 is 0 Å². The average Bonchev–Trinajstić information content (AvgIpc) is 2.35. The number of amides is 1. The van der Waals surface area contributed by atoms with Crippen LogP contribution in [-0.4, -0.2) is 23.0 Å². The predicted octanol–water partition coefficient (Wildman–Crippen LogP) is 0.634. The van der Waals surface area contributed by atoms with Gasteiger partial charge in [-0.25, -0.2) is 0 Å². The Hall–Kier alpha value is -2.22. The van der Waals surface area contributed by atoms with Gasteiger partial charge in [-0.1, -0.05) is 18.1 Å². The molecule has 0 unspecified atom stereocenters. The van der Waals surface area contributed by atoms with Gasteiger partial charge >= 0.3 is 5.97 Å². The molecule has 0 saturated heterocycles. The van der Waals surface area contributed by atoms with Crippen LogP contribution in [0.4, 0.5) is 0 Å². The van der Waals surface area contributed by atoms with Gasteiger partial charge < -0.3 is 16.2 Å². The smallest absolute Gasteiger partial charge is 0.318 e. The summed E-state index contributed by atoms with van der Waals surface area (Å²) in [6.45, 7) is 5.31.